The maximum absolute atomic E-state index is 10.9. The van der Waals surface area contributed by atoms with E-state index >= 15 is 0 Å². The molecule has 0 saturated carbocycles. The lowest BCUT2D eigenvalue weighted by atomic mass is 10.5. The van der Waals surface area contributed by atoms with Crippen molar-refractivity contribution in [3.63, 3.8) is 0 Å². The van der Waals surface area contributed by atoms with Crippen LogP contribution in [0.2, 0.25) is 0 Å². The van der Waals surface area contributed by atoms with Crippen molar-refractivity contribution in [2.45, 2.75) is 0 Å². The number of ether oxygens (including phenoxy) is 2. The van der Waals surface area contributed by atoms with E-state index in [1.54, 1.807) is 0 Å². The third-order valence-electron chi connectivity index (χ3n) is 1.20. The van der Waals surface area contributed by atoms with Gasteiger partial charge < -0.3 is 14.6 Å². The van der Waals surface area contributed by atoms with E-state index in [9.17, 15) is 14.4 Å². The zero-order valence-corrected chi connectivity index (χ0v) is 8.06. The first-order valence-electron chi connectivity index (χ1n) is 3.99. The van der Waals surface area contributed by atoms with Crippen LogP contribution < -0.4 is 4.74 Å². The minimum atomic E-state index is -1.90. The van der Waals surface area contributed by atoms with Crippen LogP contribution in [0.1, 0.15) is 0 Å². The van der Waals surface area contributed by atoms with Gasteiger partial charge in [-0.1, -0.05) is 0 Å². The van der Waals surface area contributed by atoms with Gasteiger partial charge in [0, 0.05) is 12.4 Å². The first-order chi connectivity index (χ1) is 8.08. The normalized spacial score (nSPS) is 8.94. The lowest BCUT2D eigenvalue weighted by molar-refractivity contribution is -0.206. The van der Waals surface area contributed by atoms with E-state index < -0.39 is 18.5 Å². The van der Waals surface area contributed by atoms with Crippen LogP contribution in [0.25, 0.3) is 0 Å². The standard InChI is InChI=1S/C8H5NO8/c10-6(11)15-8(13)17-16-7(12)14-5-1-3-9-4-2-5/h1-4H,(H,10,11). The summed E-state index contributed by atoms with van der Waals surface area (Å²) < 4.78 is 7.95. The SMILES string of the molecule is O=C(O)OC(=O)OOC(=O)Oc1ccncc1. The number of aromatic nitrogens is 1. The summed E-state index contributed by atoms with van der Waals surface area (Å²) in [6, 6.07) is 2.69. The summed E-state index contributed by atoms with van der Waals surface area (Å²) in [6.07, 6.45) is -2.30. The van der Waals surface area contributed by atoms with E-state index in [-0.39, 0.29) is 5.75 Å². The molecule has 1 rings (SSSR count). The van der Waals surface area contributed by atoms with E-state index in [4.69, 9.17) is 5.11 Å². The fourth-order valence-corrected chi connectivity index (χ4v) is 0.676. The average molecular weight is 243 g/mol. The summed E-state index contributed by atoms with van der Waals surface area (Å²) in [4.78, 5) is 42.2. The largest absolute Gasteiger partial charge is 0.560 e. The zero-order chi connectivity index (χ0) is 12.7. The predicted octanol–water partition coefficient (Wildman–Crippen LogP) is 1.34. The Morgan fingerprint density at radius 3 is 2.24 bits per heavy atom. The fraction of sp³-hybridized carbons (Fsp3) is 0. The molecule has 0 fully saturated rings. The first kappa shape index (κ1) is 12.2. The molecule has 0 spiro atoms. The lowest BCUT2D eigenvalue weighted by Crippen LogP contribution is -2.17. The molecule has 1 heterocycles. The highest BCUT2D eigenvalue weighted by Gasteiger charge is 2.15. The molecule has 0 aliphatic rings. The molecule has 0 aliphatic carbocycles. The summed E-state index contributed by atoms with van der Waals surface area (Å²) in [6.45, 7) is 0. The second-order valence-corrected chi connectivity index (χ2v) is 2.32. The Kier molecular flexibility index (Phi) is 4.25. The Morgan fingerprint density at radius 1 is 1.06 bits per heavy atom. The van der Waals surface area contributed by atoms with E-state index in [1.165, 1.54) is 24.5 Å². The summed E-state index contributed by atoms with van der Waals surface area (Å²) in [5, 5.41) is 7.98. The molecule has 17 heavy (non-hydrogen) atoms. The molecule has 1 N–H and O–H groups in total. The minimum absolute atomic E-state index is 0.0974. The Bertz CT molecular complexity index is 417. The number of hydrogen-bond acceptors (Lipinski definition) is 8. The van der Waals surface area contributed by atoms with Crippen molar-refractivity contribution in [1.29, 1.82) is 0 Å². The van der Waals surface area contributed by atoms with Crippen LogP contribution in [-0.2, 0) is 14.5 Å². The number of carboxylic acid groups (broad SMARTS) is 1. The minimum Gasteiger partial charge on any atom is -0.449 e. The quantitative estimate of drug-likeness (QED) is 0.337. The van der Waals surface area contributed by atoms with Crippen molar-refractivity contribution in [1.82, 2.24) is 4.98 Å². The van der Waals surface area contributed by atoms with Crippen LogP contribution in [-0.4, -0.2) is 28.6 Å². The van der Waals surface area contributed by atoms with Crippen molar-refractivity contribution in [3.05, 3.63) is 24.5 Å². The molecule has 0 radical (unpaired) electrons. The number of pyridine rings is 1. The second-order valence-electron chi connectivity index (χ2n) is 2.32. The van der Waals surface area contributed by atoms with Gasteiger partial charge in [-0.2, -0.15) is 19.4 Å². The Hall–Kier alpha value is -2.84. The Balaban J connectivity index is 2.31. The molecular weight excluding hydrogens is 238 g/mol. The molecule has 1 aromatic heterocycles. The van der Waals surface area contributed by atoms with Gasteiger partial charge in [-0.25, -0.2) is 4.79 Å². The van der Waals surface area contributed by atoms with Gasteiger partial charge in [0.25, 0.3) is 0 Å². The highest BCUT2D eigenvalue weighted by atomic mass is 17.3. The number of carbonyl (C=O) groups is 3. The van der Waals surface area contributed by atoms with Crippen LogP contribution in [0.4, 0.5) is 14.4 Å². The predicted molar refractivity (Wildman–Crippen MR) is 46.9 cm³/mol. The van der Waals surface area contributed by atoms with Crippen LogP contribution >= 0.6 is 0 Å². The van der Waals surface area contributed by atoms with E-state index in [1.807, 2.05) is 0 Å². The Labute approximate surface area is 93.4 Å². The highest BCUT2D eigenvalue weighted by molar-refractivity contribution is 5.75. The van der Waals surface area contributed by atoms with E-state index in [2.05, 4.69) is 24.2 Å². The zero-order valence-electron chi connectivity index (χ0n) is 8.06. The van der Waals surface area contributed by atoms with Crippen molar-refractivity contribution in [3.8, 4) is 5.75 Å². The molecule has 0 amide bonds. The van der Waals surface area contributed by atoms with Crippen LogP contribution in [0, 0.1) is 0 Å². The molecule has 0 atom stereocenters. The van der Waals surface area contributed by atoms with Gasteiger partial charge in [0.2, 0.25) is 0 Å². The highest BCUT2D eigenvalue weighted by Crippen LogP contribution is 2.07. The van der Waals surface area contributed by atoms with Gasteiger partial charge in [-0.15, -0.1) is 0 Å². The number of hydrogen-bond donors (Lipinski definition) is 1. The molecule has 90 valence electrons. The molecule has 0 saturated heterocycles. The molecule has 1 aromatic rings. The maximum Gasteiger partial charge on any atom is 0.560 e. The van der Waals surface area contributed by atoms with Gasteiger partial charge in [-0.05, 0) is 12.1 Å². The number of nitrogens with zero attached hydrogens (tertiary/aromatic N) is 1. The molecular formula is C8H5NO8. The topological polar surface area (TPSA) is 121 Å². The van der Waals surface area contributed by atoms with E-state index in [0.717, 1.165) is 0 Å². The summed E-state index contributed by atoms with van der Waals surface area (Å²) in [5.41, 5.74) is 0. The molecule has 0 aliphatic heterocycles. The van der Waals surface area contributed by atoms with E-state index in [0.29, 0.717) is 0 Å². The third-order valence-corrected chi connectivity index (χ3v) is 1.20. The van der Waals surface area contributed by atoms with Crippen molar-refractivity contribution < 1.29 is 38.7 Å². The molecule has 0 aromatic carbocycles. The summed E-state index contributed by atoms with van der Waals surface area (Å²) in [5.74, 6) is 0.0974. The summed E-state index contributed by atoms with van der Waals surface area (Å²) in [7, 11) is 0. The molecule has 0 unspecified atom stereocenters. The number of carbonyl (C=O) groups excluding carboxylic acids is 2. The third kappa shape index (κ3) is 4.97. The van der Waals surface area contributed by atoms with Crippen LogP contribution in [0.3, 0.4) is 0 Å². The van der Waals surface area contributed by atoms with Crippen molar-refractivity contribution in [2.24, 2.45) is 0 Å². The van der Waals surface area contributed by atoms with Gasteiger partial charge >= 0.3 is 18.5 Å². The van der Waals surface area contributed by atoms with Gasteiger partial charge in [-0.3, -0.25) is 4.98 Å². The van der Waals surface area contributed by atoms with Gasteiger partial charge in [0.05, 0.1) is 0 Å². The first-order valence-corrected chi connectivity index (χ1v) is 3.99. The molecule has 0 bridgehead atoms. The molecule has 9 nitrogen and oxygen atoms in total. The van der Waals surface area contributed by atoms with Crippen LogP contribution in [0.5, 0.6) is 5.75 Å². The molecule has 9 heteroatoms. The second kappa shape index (κ2) is 5.90. The fourth-order valence-electron chi connectivity index (χ4n) is 0.676. The monoisotopic (exact) mass is 243 g/mol. The smallest absolute Gasteiger partial charge is 0.449 e. The van der Waals surface area contributed by atoms with Gasteiger partial charge in [0.15, 0.2) is 0 Å². The maximum atomic E-state index is 10.9. The van der Waals surface area contributed by atoms with Gasteiger partial charge in [0.1, 0.15) is 5.75 Å². The number of rotatable bonds is 1. The summed E-state index contributed by atoms with van der Waals surface area (Å²) >= 11 is 0. The lowest BCUT2D eigenvalue weighted by Gasteiger charge is -2.02. The van der Waals surface area contributed by atoms with Crippen molar-refractivity contribution >= 4 is 18.5 Å². The van der Waals surface area contributed by atoms with Crippen LogP contribution in [0.15, 0.2) is 24.5 Å². The van der Waals surface area contributed by atoms with Crippen molar-refractivity contribution in [2.75, 3.05) is 0 Å². The average Bonchev–Trinajstić information content (AvgIpc) is 2.27. The Morgan fingerprint density at radius 2 is 1.65 bits per heavy atom.